The van der Waals surface area contributed by atoms with Crippen molar-refractivity contribution in [1.29, 1.82) is 0 Å². The molecule has 1 aliphatic carbocycles. The van der Waals surface area contributed by atoms with Gasteiger partial charge in [-0.05, 0) is 35.2 Å². The molecule has 108 valence electrons. The minimum atomic E-state index is 0.161. The van der Waals surface area contributed by atoms with Gasteiger partial charge in [-0.3, -0.25) is 0 Å². The summed E-state index contributed by atoms with van der Waals surface area (Å²) in [4.78, 5) is 11.2. The highest BCUT2D eigenvalue weighted by atomic mass is 15.3. The van der Waals surface area contributed by atoms with Crippen molar-refractivity contribution in [3.05, 3.63) is 77.6 Å². The Hall–Kier alpha value is -2.68. The molecule has 3 nitrogen and oxygen atoms in total. The maximum absolute atomic E-state index is 4.58. The molecule has 0 amide bonds. The summed E-state index contributed by atoms with van der Waals surface area (Å²) in [6.07, 6.45) is 1.82. The van der Waals surface area contributed by atoms with Crippen LogP contribution in [0.2, 0.25) is 0 Å². The Morgan fingerprint density at radius 3 is 2.05 bits per heavy atom. The van der Waals surface area contributed by atoms with Gasteiger partial charge < -0.3 is 4.90 Å². The van der Waals surface area contributed by atoms with Crippen molar-refractivity contribution in [2.75, 3.05) is 11.9 Å². The lowest BCUT2D eigenvalue weighted by atomic mass is 10.0. The Morgan fingerprint density at radius 1 is 0.864 bits per heavy atom. The number of nitrogens with zero attached hydrogens (tertiary/aromatic N) is 3. The molecule has 4 rings (SSSR count). The van der Waals surface area contributed by atoms with Gasteiger partial charge in [0, 0.05) is 18.9 Å². The summed E-state index contributed by atoms with van der Waals surface area (Å²) < 4.78 is 0. The molecule has 2 aromatic carbocycles. The second-order valence-corrected chi connectivity index (χ2v) is 5.69. The first-order valence-corrected chi connectivity index (χ1v) is 7.46. The Morgan fingerprint density at radius 2 is 1.45 bits per heavy atom. The predicted molar refractivity (Wildman–Crippen MR) is 88.9 cm³/mol. The molecule has 1 aliphatic rings. The quantitative estimate of drug-likeness (QED) is 0.713. The third-order valence-corrected chi connectivity index (χ3v) is 4.29. The van der Waals surface area contributed by atoms with Gasteiger partial charge in [-0.1, -0.05) is 48.5 Å². The minimum absolute atomic E-state index is 0.161. The zero-order chi connectivity index (χ0) is 15.1. The smallest absolute Gasteiger partial charge is 0.226 e. The molecule has 0 spiro atoms. The number of aryl methyl sites for hydroxylation is 1. The van der Waals surface area contributed by atoms with Crippen LogP contribution in [0, 0.1) is 6.92 Å². The summed E-state index contributed by atoms with van der Waals surface area (Å²) in [6, 6.07) is 19.3. The predicted octanol–water partition coefficient (Wildman–Crippen LogP) is 3.99. The average molecular weight is 287 g/mol. The Kier molecular flexibility index (Phi) is 2.93. The minimum Gasteiger partial charge on any atom is -0.333 e. The monoisotopic (exact) mass is 287 g/mol. The lowest BCUT2D eigenvalue weighted by Gasteiger charge is -2.26. The van der Waals surface area contributed by atoms with Gasteiger partial charge in [0.15, 0.2) is 0 Å². The van der Waals surface area contributed by atoms with Crippen LogP contribution in [0.25, 0.3) is 11.1 Å². The van der Waals surface area contributed by atoms with Gasteiger partial charge in [0.25, 0.3) is 0 Å². The summed E-state index contributed by atoms with van der Waals surface area (Å²) in [5.41, 5.74) is 6.23. The van der Waals surface area contributed by atoms with Crippen molar-refractivity contribution < 1.29 is 0 Å². The fraction of sp³-hybridized carbons (Fsp3) is 0.158. The second-order valence-electron chi connectivity index (χ2n) is 5.69. The summed E-state index contributed by atoms with van der Waals surface area (Å²) in [7, 11) is 2.07. The Balaban J connectivity index is 1.88. The van der Waals surface area contributed by atoms with Crippen LogP contribution >= 0.6 is 0 Å². The fourth-order valence-corrected chi connectivity index (χ4v) is 3.27. The number of rotatable bonds is 2. The maximum Gasteiger partial charge on any atom is 0.226 e. The molecule has 1 heterocycles. The van der Waals surface area contributed by atoms with E-state index in [0.717, 1.165) is 11.6 Å². The van der Waals surface area contributed by atoms with Crippen LogP contribution < -0.4 is 4.90 Å². The number of benzene rings is 2. The molecule has 0 saturated carbocycles. The van der Waals surface area contributed by atoms with Crippen LogP contribution in [0.4, 0.5) is 5.95 Å². The van der Waals surface area contributed by atoms with Crippen LogP contribution in [-0.2, 0) is 0 Å². The summed E-state index contributed by atoms with van der Waals surface area (Å²) >= 11 is 0. The molecule has 1 aromatic heterocycles. The van der Waals surface area contributed by atoms with Crippen molar-refractivity contribution in [1.82, 2.24) is 9.97 Å². The highest BCUT2D eigenvalue weighted by molar-refractivity contribution is 5.80. The molecule has 0 fully saturated rings. The maximum atomic E-state index is 4.58. The largest absolute Gasteiger partial charge is 0.333 e. The van der Waals surface area contributed by atoms with E-state index in [-0.39, 0.29) is 6.04 Å². The summed E-state index contributed by atoms with van der Waals surface area (Å²) in [6.45, 7) is 2.00. The zero-order valence-electron chi connectivity index (χ0n) is 12.7. The topological polar surface area (TPSA) is 29.0 Å². The van der Waals surface area contributed by atoms with E-state index in [1.165, 1.54) is 22.3 Å². The highest BCUT2D eigenvalue weighted by Gasteiger charge is 2.31. The number of hydrogen-bond acceptors (Lipinski definition) is 3. The normalized spacial score (nSPS) is 12.8. The van der Waals surface area contributed by atoms with E-state index in [0.29, 0.717) is 0 Å². The van der Waals surface area contributed by atoms with Crippen molar-refractivity contribution in [2.45, 2.75) is 13.0 Å². The third kappa shape index (κ3) is 1.90. The molecule has 0 saturated heterocycles. The third-order valence-electron chi connectivity index (χ3n) is 4.29. The fourth-order valence-electron chi connectivity index (χ4n) is 3.27. The molecular weight excluding hydrogens is 270 g/mol. The van der Waals surface area contributed by atoms with E-state index in [1.54, 1.807) is 0 Å². The highest BCUT2D eigenvalue weighted by Crippen LogP contribution is 2.46. The molecule has 0 unspecified atom stereocenters. The van der Waals surface area contributed by atoms with Crippen LogP contribution in [0.5, 0.6) is 0 Å². The van der Waals surface area contributed by atoms with Gasteiger partial charge in [-0.2, -0.15) is 0 Å². The molecule has 0 radical (unpaired) electrons. The van der Waals surface area contributed by atoms with Gasteiger partial charge in [-0.15, -0.1) is 0 Å². The first-order valence-electron chi connectivity index (χ1n) is 7.46. The van der Waals surface area contributed by atoms with Gasteiger partial charge in [0.1, 0.15) is 0 Å². The zero-order valence-corrected chi connectivity index (χ0v) is 12.7. The van der Waals surface area contributed by atoms with Crippen molar-refractivity contribution in [2.24, 2.45) is 0 Å². The lowest BCUT2D eigenvalue weighted by molar-refractivity contribution is 0.766. The number of hydrogen-bond donors (Lipinski definition) is 0. The van der Waals surface area contributed by atoms with E-state index < -0.39 is 0 Å². The molecule has 22 heavy (non-hydrogen) atoms. The second kappa shape index (κ2) is 4.95. The van der Waals surface area contributed by atoms with Crippen molar-refractivity contribution in [3.63, 3.8) is 0 Å². The van der Waals surface area contributed by atoms with Crippen LogP contribution in [0.3, 0.4) is 0 Å². The average Bonchev–Trinajstić information content (AvgIpc) is 2.89. The summed E-state index contributed by atoms with van der Waals surface area (Å²) in [5.74, 6) is 0.761. The standard InChI is InChI=1S/C19H17N3/c1-13-11-12-20-19(21-13)22(2)18-16-9-5-3-7-14(16)15-8-4-6-10-17(15)18/h3-12,18H,1-2H3. The Labute approximate surface area is 130 Å². The lowest BCUT2D eigenvalue weighted by Crippen LogP contribution is -2.25. The molecule has 0 aliphatic heterocycles. The number of anilines is 1. The first-order chi connectivity index (χ1) is 10.8. The molecule has 0 atom stereocenters. The van der Waals surface area contributed by atoms with E-state index >= 15 is 0 Å². The van der Waals surface area contributed by atoms with Gasteiger partial charge in [0.05, 0.1) is 6.04 Å². The van der Waals surface area contributed by atoms with E-state index in [1.807, 2.05) is 19.2 Å². The van der Waals surface area contributed by atoms with E-state index in [2.05, 4.69) is 70.4 Å². The van der Waals surface area contributed by atoms with E-state index in [4.69, 9.17) is 0 Å². The van der Waals surface area contributed by atoms with Gasteiger partial charge >= 0.3 is 0 Å². The molecule has 0 bridgehead atoms. The molecule has 0 N–H and O–H groups in total. The SMILES string of the molecule is Cc1ccnc(N(C)C2c3ccccc3-c3ccccc32)n1. The van der Waals surface area contributed by atoms with Crippen molar-refractivity contribution in [3.8, 4) is 11.1 Å². The van der Waals surface area contributed by atoms with Crippen LogP contribution in [0.1, 0.15) is 22.9 Å². The Bertz CT molecular complexity index is 796. The van der Waals surface area contributed by atoms with Crippen LogP contribution in [0.15, 0.2) is 60.8 Å². The first kappa shape index (κ1) is 13.0. The van der Waals surface area contributed by atoms with Gasteiger partial charge in [0.2, 0.25) is 5.95 Å². The van der Waals surface area contributed by atoms with Gasteiger partial charge in [-0.25, -0.2) is 9.97 Å². The molecule has 3 aromatic rings. The van der Waals surface area contributed by atoms with E-state index in [9.17, 15) is 0 Å². The molecular formula is C19H17N3. The molecule has 3 heteroatoms. The number of fused-ring (bicyclic) bond motifs is 3. The number of aromatic nitrogens is 2. The summed E-state index contributed by atoms with van der Waals surface area (Å²) in [5, 5.41) is 0. The van der Waals surface area contributed by atoms with Crippen LogP contribution in [-0.4, -0.2) is 17.0 Å². The van der Waals surface area contributed by atoms with Crippen molar-refractivity contribution >= 4 is 5.95 Å².